The fourth-order valence-corrected chi connectivity index (χ4v) is 1.78. The maximum Gasteiger partial charge on any atom is 1.00 e. The number of esters is 1. The van der Waals surface area contributed by atoms with Crippen LogP contribution in [0.15, 0.2) is 36.4 Å². The number of halogens is 1. The minimum absolute atomic E-state index is 0. The van der Waals surface area contributed by atoms with E-state index in [2.05, 4.69) is 18.7 Å². The summed E-state index contributed by atoms with van der Waals surface area (Å²) in [6.07, 6.45) is 4.13. The van der Waals surface area contributed by atoms with Crippen molar-refractivity contribution in [2.24, 2.45) is 0 Å². The lowest BCUT2D eigenvalue weighted by Crippen LogP contribution is -3.00. The lowest BCUT2D eigenvalue weighted by molar-refractivity contribution is -0.137. The zero-order valence-electron chi connectivity index (χ0n) is 13.2. The first-order valence-corrected chi connectivity index (χ1v) is 6.88. The molecule has 0 unspecified atom stereocenters. The highest BCUT2D eigenvalue weighted by Crippen LogP contribution is 2.01. The molecule has 3 nitrogen and oxygen atoms in total. The Bertz CT molecular complexity index is 395. The van der Waals surface area contributed by atoms with Gasteiger partial charge in [-0.25, -0.2) is 4.79 Å². The van der Waals surface area contributed by atoms with Crippen molar-refractivity contribution in [3.05, 3.63) is 42.0 Å². The molecule has 20 heavy (non-hydrogen) atoms. The molecule has 0 radical (unpaired) electrons. The van der Waals surface area contributed by atoms with Crippen molar-refractivity contribution in [2.45, 2.75) is 20.3 Å². The molecule has 0 N–H and O–H groups in total. The van der Waals surface area contributed by atoms with Crippen LogP contribution in [0.3, 0.4) is 0 Å². The third-order valence-electron chi connectivity index (χ3n) is 2.97. The summed E-state index contributed by atoms with van der Waals surface area (Å²) in [5, 5.41) is 0. The van der Waals surface area contributed by atoms with E-state index in [0.29, 0.717) is 6.61 Å². The van der Waals surface area contributed by atoms with E-state index in [9.17, 15) is 4.79 Å². The van der Waals surface area contributed by atoms with E-state index in [1.54, 1.807) is 6.08 Å². The lowest BCUT2D eigenvalue weighted by Gasteiger charge is -2.17. The van der Waals surface area contributed by atoms with Gasteiger partial charge in [0, 0.05) is 12.6 Å². The van der Waals surface area contributed by atoms with Gasteiger partial charge in [0.05, 0.1) is 6.61 Å². The van der Waals surface area contributed by atoms with Gasteiger partial charge >= 0.3 is 7.40 Å². The number of nitrogens with zero attached hydrogens (tertiary/aromatic N) is 1. The molecule has 112 valence electrons. The van der Waals surface area contributed by atoms with Crippen LogP contribution in [0, 0.1) is 0 Å². The number of ether oxygens (including phenoxy) is 1. The van der Waals surface area contributed by atoms with Crippen molar-refractivity contribution in [3.8, 4) is 0 Å². The smallest absolute Gasteiger partial charge is 1.00 e. The molecule has 0 atom stereocenters. The van der Waals surface area contributed by atoms with Crippen LogP contribution in [-0.4, -0.2) is 37.1 Å². The molecule has 0 fully saturated rings. The minimum Gasteiger partial charge on any atom is -1.00 e. The molecule has 0 saturated carbocycles. The first kappa shape index (κ1) is 18.7. The molecular weight excluding hydrogens is 274 g/mol. The van der Waals surface area contributed by atoms with Crippen molar-refractivity contribution in [2.75, 3.05) is 26.2 Å². The summed E-state index contributed by atoms with van der Waals surface area (Å²) in [4.78, 5) is 13.8. The Morgan fingerprint density at radius 2 is 1.90 bits per heavy atom. The first-order valence-electron chi connectivity index (χ1n) is 6.88. The highest BCUT2D eigenvalue weighted by Gasteiger charge is 2.00. The van der Waals surface area contributed by atoms with E-state index in [1.165, 1.54) is 6.08 Å². The van der Waals surface area contributed by atoms with Gasteiger partial charge in [-0.2, -0.15) is 0 Å². The summed E-state index contributed by atoms with van der Waals surface area (Å²) in [5.74, 6) is -0.275. The maximum absolute atomic E-state index is 11.5. The summed E-state index contributed by atoms with van der Waals surface area (Å²) in [7, 11) is 0. The standard InChI is InChI=1S/C16H23NO2.ClH/c1-3-17(4-2)13-8-14-19-16(18)12-11-15-9-6-5-7-10-15;/h5-7,9-12H,3-4,8,13-14H2,1-2H3;1H. The van der Waals surface area contributed by atoms with E-state index in [4.69, 9.17) is 4.74 Å². The summed E-state index contributed by atoms with van der Waals surface area (Å²) in [5.41, 5.74) is 1.00. The van der Waals surface area contributed by atoms with Crippen molar-refractivity contribution < 1.29 is 23.4 Å². The normalized spacial score (nSPS) is 10.6. The van der Waals surface area contributed by atoms with Crippen LogP contribution >= 0.6 is 0 Å². The van der Waals surface area contributed by atoms with Crippen LogP contribution in [0.1, 0.15) is 27.3 Å². The third kappa shape index (κ3) is 7.97. The molecule has 0 aliphatic heterocycles. The SMILES string of the molecule is CCN(CC)CCCOC(=O)C=Cc1ccccc1.[Cl-].[H+]. The molecular formula is C16H24ClNO2. The van der Waals surface area contributed by atoms with E-state index in [0.717, 1.165) is 31.6 Å². The number of carbonyl (C=O) groups excluding carboxylic acids is 1. The Morgan fingerprint density at radius 1 is 1.25 bits per heavy atom. The molecule has 0 aliphatic rings. The van der Waals surface area contributed by atoms with E-state index < -0.39 is 0 Å². The number of benzene rings is 1. The van der Waals surface area contributed by atoms with Gasteiger partial charge in [0.15, 0.2) is 0 Å². The summed E-state index contributed by atoms with van der Waals surface area (Å²) in [6, 6.07) is 9.72. The van der Waals surface area contributed by atoms with Crippen molar-refractivity contribution in [1.29, 1.82) is 0 Å². The van der Waals surface area contributed by atoms with Crippen molar-refractivity contribution in [3.63, 3.8) is 0 Å². The summed E-state index contributed by atoms with van der Waals surface area (Å²) in [6.45, 7) is 7.81. The fourth-order valence-electron chi connectivity index (χ4n) is 1.78. The third-order valence-corrected chi connectivity index (χ3v) is 2.97. The molecule has 4 heteroatoms. The van der Waals surface area contributed by atoms with Gasteiger partial charge in [0.1, 0.15) is 0 Å². The summed E-state index contributed by atoms with van der Waals surface area (Å²) >= 11 is 0. The minimum atomic E-state index is -0.275. The molecule has 0 heterocycles. The van der Waals surface area contributed by atoms with Gasteiger partial charge in [-0.3, -0.25) is 0 Å². The van der Waals surface area contributed by atoms with Gasteiger partial charge in [-0.15, -0.1) is 0 Å². The molecule has 1 aromatic carbocycles. The van der Waals surface area contributed by atoms with Gasteiger partial charge in [0.25, 0.3) is 0 Å². The Hall–Kier alpha value is -1.32. The predicted octanol–water partition coefficient (Wildman–Crippen LogP) is 0.0914. The average molecular weight is 298 g/mol. The van der Waals surface area contributed by atoms with E-state index >= 15 is 0 Å². The van der Waals surface area contributed by atoms with Crippen molar-refractivity contribution >= 4 is 12.0 Å². The molecule has 0 saturated heterocycles. The number of hydrogen-bond donors (Lipinski definition) is 0. The largest absolute Gasteiger partial charge is 1.00 e. The lowest BCUT2D eigenvalue weighted by atomic mass is 10.2. The monoisotopic (exact) mass is 297 g/mol. The Labute approximate surface area is 129 Å². The van der Waals surface area contributed by atoms with E-state index in [-0.39, 0.29) is 19.8 Å². The van der Waals surface area contributed by atoms with Gasteiger partial charge in [-0.1, -0.05) is 44.2 Å². The van der Waals surface area contributed by atoms with Gasteiger partial charge < -0.3 is 22.0 Å². The number of hydrogen-bond acceptors (Lipinski definition) is 3. The van der Waals surface area contributed by atoms with Crippen LogP contribution < -0.4 is 12.4 Å². The molecule has 0 bridgehead atoms. The first-order chi connectivity index (χ1) is 9.26. The number of carbonyl (C=O) groups is 1. The van der Waals surface area contributed by atoms with Crippen LogP contribution in [0.2, 0.25) is 0 Å². The zero-order chi connectivity index (χ0) is 13.9. The Balaban J connectivity index is 0. The zero-order valence-corrected chi connectivity index (χ0v) is 13.0. The van der Waals surface area contributed by atoms with Crippen LogP contribution in [0.4, 0.5) is 0 Å². The number of rotatable bonds is 8. The van der Waals surface area contributed by atoms with Crippen LogP contribution in [0.25, 0.3) is 6.08 Å². The second-order valence-electron chi connectivity index (χ2n) is 4.29. The Morgan fingerprint density at radius 3 is 2.50 bits per heavy atom. The average Bonchev–Trinajstić information content (AvgIpc) is 2.46. The summed E-state index contributed by atoms with van der Waals surface area (Å²) < 4.78 is 5.15. The van der Waals surface area contributed by atoms with Gasteiger partial charge in [-0.05, 0) is 31.1 Å². The molecule has 0 aliphatic carbocycles. The predicted molar refractivity (Wildman–Crippen MR) is 80.0 cm³/mol. The van der Waals surface area contributed by atoms with Crippen LogP contribution in [0.5, 0.6) is 0 Å². The fraction of sp³-hybridized carbons (Fsp3) is 0.438. The molecule has 0 amide bonds. The highest BCUT2D eigenvalue weighted by molar-refractivity contribution is 5.86. The van der Waals surface area contributed by atoms with E-state index in [1.807, 2.05) is 30.3 Å². The molecule has 1 rings (SSSR count). The highest BCUT2D eigenvalue weighted by atomic mass is 35.5. The topological polar surface area (TPSA) is 29.5 Å². The quantitative estimate of drug-likeness (QED) is 0.387. The molecule has 0 spiro atoms. The molecule has 1 aromatic rings. The molecule has 0 aromatic heterocycles. The van der Waals surface area contributed by atoms with Crippen molar-refractivity contribution in [1.82, 2.24) is 4.90 Å². The Kier molecular flexibility index (Phi) is 10.7. The maximum atomic E-state index is 11.5. The van der Waals surface area contributed by atoms with Crippen LogP contribution in [-0.2, 0) is 9.53 Å². The second-order valence-corrected chi connectivity index (χ2v) is 4.29. The van der Waals surface area contributed by atoms with Gasteiger partial charge in [0.2, 0.25) is 0 Å². The second kappa shape index (κ2) is 11.5.